The second-order valence-corrected chi connectivity index (χ2v) is 5.92. The van der Waals surface area contributed by atoms with E-state index < -0.39 is 10.0 Å². The number of aryl methyl sites for hydroxylation is 2. The lowest BCUT2D eigenvalue weighted by molar-refractivity contribution is 0.411. The van der Waals surface area contributed by atoms with Crippen LogP contribution in [0.3, 0.4) is 0 Å². The minimum Gasteiger partial charge on any atom is -0.496 e. The molecule has 2 aromatic rings. The third-order valence-electron chi connectivity index (χ3n) is 2.77. The van der Waals surface area contributed by atoms with Gasteiger partial charge in [0, 0.05) is 12.4 Å². The molecule has 0 spiro atoms. The van der Waals surface area contributed by atoms with Gasteiger partial charge in [-0.15, -0.1) is 0 Å². The Morgan fingerprint density at radius 2 is 1.75 bits per heavy atom. The molecule has 0 fully saturated rings. The van der Waals surface area contributed by atoms with Crippen LogP contribution in [-0.2, 0) is 10.0 Å². The van der Waals surface area contributed by atoms with Gasteiger partial charge in [-0.1, -0.05) is 0 Å². The van der Waals surface area contributed by atoms with Crippen molar-refractivity contribution in [1.29, 1.82) is 0 Å². The first-order valence-corrected chi connectivity index (χ1v) is 7.37. The van der Waals surface area contributed by atoms with Gasteiger partial charge >= 0.3 is 0 Å². The minimum atomic E-state index is -3.72. The molecular weight excluding hydrogens is 278 g/mol. The number of hydrogen-bond acceptors (Lipinski definition) is 5. The molecule has 0 atom stereocenters. The zero-order chi connectivity index (χ0) is 14.8. The molecule has 7 heteroatoms. The van der Waals surface area contributed by atoms with E-state index in [-0.39, 0.29) is 10.8 Å². The van der Waals surface area contributed by atoms with Crippen molar-refractivity contribution < 1.29 is 13.2 Å². The van der Waals surface area contributed by atoms with Gasteiger partial charge in [-0.3, -0.25) is 0 Å². The lowest BCUT2D eigenvalue weighted by Gasteiger charge is -2.12. The molecule has 106 valence electrons. The predicted octanol–water partition coefficient (Wildman–Crippen LogP) is 1.90. The number of benzene rings is 1. The molecule has 0 amide bonds. The maximum absolute atomic E-state index is 12.3. The van der Waals surface area contributed by atoms with Crippen LogP contribution in [0.5, 0.6) is 5.75 Å². The fourth-order valence-electron chi connectivity index (χ4n) is 1.80. The molecule has 0 aliphatic rings. The fourth-order valence-corrected chi connectivity index (χ4v) is 3.07. The van der Waals surface area contributed by atoms with E-state index in [2.05, 4.69) is 14.7 Å². The Labute approximate surface area is 117 Å². The Hall–Kier alpha value is -2.15. The van der Waals surface area contributed by atoms with E-state index in [1.54, 1.807) is 39.2 Å². The van der Waals surface area contributed by atoms with E-state index in [0.29, 0.717) is 11.3 Å². The van der Waals surface area contributed by atoms with Crippen LogP contribution in [0.4, 0.5) is 5.95 Å². The summed E-state index contributed by atoms with van der Waals surface area (Å²) in [5.41, 5.74) is 1.34. The van der Waals surface area contributed by atoms with Crippen molar-refractivity contribution in [2.75, 3.05) is 11.8 Å². The van der Waals surface area contributed by atoms with E-state index in [4.69, 9.17) is 4.74 Å². The van der Waals surface area contributed by atoms with Crippen LogP contribution in [0, 0.1) is 13.8 Å². The molecule has 0 saturated carbocycles. The molecule has 1 aromatic heterocycles. The Morgan fingerprint density at radius 1 is 1.10 bits per heavy atom. The first-order chi connectivity index (χ1) is 9.44. The quantitative estimate of drug-likeness (QED) is 0.931. The summed E-state index contributed by atoms with van der Waals surface area (Å²) in [7, 11) is -2.17. The molecule has 1 aromatic carbocycles. The number of rotatable bonds is 4. The van der Waals surface area contributed by atoms with Gasteiger partial charge in [0.05, 0.1) is 12.0 Å². The van der Waals surface area contributed by atoms with Crippen LogP contribution in [0.25, 0.3) is 0 Å². The first kappa shape index (κ1) is 14.3. The molecule has 0 aliphatic heterocycles. The monoisotopic (exact) mass is 293 g/mol. The minimum absolute atomic E-state index is 0.0420. The molecule has 20 heavy (non-hydrogen) atoms. The fraction of sp³-hybridized carbons (Fsp3) is 0.231. The van der Waals surface area contributed by atoms with Gasteiger partial charge in [0.1, 0.15) is 5.75 Å². The summed E-state index contributed by atoms with van der Waals surface area (Å²) in [6.07, 6.45) is 2.94. The van der Waals surface area contributed by atoms with Crippen LogP contribution in [0.15, 0.2) is 35.5 Å². The zero-order valence-electron chi connectivity index (χ0n) is 11.4. The van der Waals surface area contributed by atoms with Gasteiger partial charge in [0.2, 0.25) is 5.95 Å². The maximum Gasteiger partial charge on any atom is 0.264 e. The lowest BCUT2D eigenvalue weighted by atomic mass is 10.1. The summed E-state index contributed by atoms with van der Waals surface area (Å²) < 4.78 is 32.2. The van der Waals surface area contributed by atoms with E-state index in [1.807, 2.05) is 0 Å². The van der Waals surface area contributed by atoms with Crippen molar-refractivity contribution in [3.05, 3.63) is 41.7 Å². The van der Waals surface area contributed by atoms with Gasteiger partial charge in [-0.05, 0) is 43.2 Å². The normalized spacial score (nSPS) is 11.2. The van der Waals surface area contributed by atoms with Crippen LogP contribution in [0.2, 0.25) is 0 Å². The Kier molecular flexibility index (Phi) is 3.89. The van der Waals surface area contributed by atoms with Crippen LogP contribution >= 0.6 is 0 Å². The highest BCUT2D eigenvalue weighted by molar-refractivity contribution is 7.92. The van der Waals surface area contributed by atoms with Crippen molar-refractivity contribution in [2.45, 2.75) is 18.7 Å². The van der Waals surface area contributed by atoms with Crippen molar-refractivity contribution in [3.8, 4) is 5.75 Å². The summed E-state index contributed by atoms with van der Waals surface area (Å²) >= 11 is 0. The molecule has 0 radical (unpaired) electrons. The number of methoxy groups -OCH3 is 1. The van der Waals surface area contributed by atoms with Gasteiger partial charge in [0.15, 0.2) is 0 Å². The smallest absolute Gasteiger partial charge is 0.264 e. The Bertz CT molecular complexity index is 715. The van der Waals surface area contributed by atoms with Gasteiger partial charge < -0.3 is 4.74 Å². The molecule has 0 saturated heterocycles. The second-order valence-electron chi connectivity index (χ2n) is 4.27. The number of anilines is 1. The highest BCUT2D eigenvalue weighted by atomic mass is 32.2. The van der Waals surface area contributed by atoms with Crippen molar-refractivity contribution in [3.63, 3.8) is 0 Å². The third-order valence-corrected chi connectivity index (χ3v) is 4.24. The van der Waals surface area contributed by atoms with Crippen LogP contribution < -0.4 is 9.46 Å². The van der Waals surface area contributed by atoms with Gasteiger partial charge in [0.25, 0.3) is 10.0 Å². The lowest BCUT2D eigenvalue weighted by Crippen LogP contribution is -2.16. The number of nitrogens with one attached hydrogen (secondary N) is 1. The SMILES string of the molecule is COc1cc(C)c(S(=O)(=O)Nc2ncccn2)cc1C. The number of nitrogens with zero attached hydrogens (tertiary/aromatic N) is 2. The number of ether oxygens (including phenoxy) is 1. The molecule has 2 rings (SSSR count). The average Bonchev–Trinajstić information content (AvgIpc) is 2.41. The molecule has 6 nitrogen and oxygen atoms in total. The molecule has 0 bridgehead atoms. The van der Waals surface area contributed by atoms with Crippen molar-refractivity contribution in [2.24, 2.45) is 0 Å². The Balaban J connectivity index is 2.42. The largest absolute Gasteiger partial charge is 0.496 e. The van der Waals surface area contributed by atoms with E-state index in [9.17, 15) is 8.42 Å². The molecule has 1 heterocycles. The van der Waals surface area contributed by atoms with Crippen molar-refractivity contribution >= 4 is 16.0 Å². The summed E-state index contributed by atoms with van der Waals surface area (Å²) in [4.78, 5) is 7.88. The number of aromatic nitrogens is 2. The molecule has 0 aliphatic carbocycles. The van der Waals surface area contributed by atoms with Crippen LogP contribution in [-0.4, -0.2) is 25.5 Å². The second kappa shape index (κ2) is 5.46. The summed E-state index contributed by atoms with van der Waals surface area (Å²) in [6.45, 7) is 3.50. The van der Waals surface area contributed by atoms with E-state index >= 15 is 0 Å². The summed E-state index contributed by atoms with van der Waals surface area (Å²) in [6, 6.07) is 4.87. The predicted molar refractivity (Wildman–Crippen MR) is 75.3 cm³/mol. The average molecular weight is 293 g/mol. The molecule has 0 unspecified atom stereocenters. The number of hydrogen-bond donors (Lipinski definition) is 1. The standard InChI is InChI=1S/C13H15N3O3S/c1-9-8-12(10(2)7-11(9)19-3)20(17,18)16-13-14-5-4-6-15-13/h4-8H,1-3H3,(H,14,15,16). The number of sulfonamides is 1. The topological polar surface area (TPSA) is 81.2 Å². The third kappa shape index (κ3) is 2.88. The maximum atomic E-state index is 12.3. The van der Waals surface area contributed by atoms with Crippen LogP contribution in [0.1, 0.15) is 11.1 Å². The van der Waals surface area contributed by atoms with Crippen molar-refractivity contribution in [1.82, 2.24) is 9.97 Å². The van der Waals surface area contributed by atoms with Gasteiger partial charge in [-0.25, -0.2) is 23.1 Å². The van der Waals surface area contributed by atoms with Gasteiger partial charge in [-0.2, -0.15) is 0 Å². The van der Waals surface area contributed by atoms with E-state index in [1.165, 1.54) is 12.4 Å². The summed E-state index contributed by atoms with van der Waals surface area (Å²) in [5, 5.41) is 0. The molecular formula is C13H15N3O3S. The molecule has 1 N–H and O–H groups in total. The highest BCUT2D eigenvalue weighted by Gasteiger charge is 2.19. The first-order valence-electron chi connectivity index (χ1n) is 5.89. The summed E-state index contributed by atoms with van der Waals surface area (Å²) in [5.74, 6) is 0.692. The van der Waals surface area contributed by atoms with E-state index in [0.717, 1.165) is 5.56 Å². The Morgan fingerprint density at radius 3 is 2.35 bits per heavy atom. The zero-order valence-corrected chi connectivity index (χ0v) is 12.2. The highest BCUT2D eigenvalue weighted by Crippen LogP contribution is 2.26.